The summed E-state index contributed by atoms with van der Waals surface area (Å²) in [5.74, 6) is -1.21. The molecular formula is C12H15NO4. The summed E-state index contributed by atoms with van der Waals surface area (Å²) in [6, 6.07) is 4.61. The molecule has 0 unspecified atom stereocenters. The minimum absolute atomic E-state index is 0.151. The molecule has 0 bridgehead atoms. The van der Waals surface area contributed by atoms with Gasteiger partial charge in [-0.3, -0.25) is 4.79 Å². The molecule has 17 heavy (non-hydrogen) atoms. The van der Waals surface area contributed by atoms with Gasteiger partial charge >= 0.3 is 5.97 Å². The van der Waals surface area contributed by atoms with Gasteiger partial charge in [-0.05, 0) is 24.6 Å². The van der Waals surface area contributed by atoms with E-state index in [0.29, 0.717) is 12.3 Å². The smallest absolute Gasteiger partial charge is 0.335 e. The number of methoxy groups -OCH3 is 1. The molecule has 0 aliphatic carbocycles. The number of ether oxygens (including phenoxy) is 1. The van der Waals surface area contributed by atoms with Crippen LogP contribution in [0.3, 0.4) is 0 Å². The minimum Gasteiger partial charge on any atom is -0.478 e. The second kappa shape index (κ2) is 6.00. The van der Waals surface area contributed by atoms with Crippen molar-refractivity contribution in [3.8, 4) is 0 Å². The molecule has 0 fully saturated rings. The Hall–Kier alpha value is -1.88. The van der Waals surface area contributed by atoms with E-state index in [1.165, 1.54) is 19.2 Å². The summed E-state index contributed by atoms with van der Waals surface area (Å²) < 4.78 is 4.79. The van der Waals surface area contributed by atoms with E-state index in [0.717, 1.165) is 5.56 Å². The first-order chi connectivity index (χ1) is 8.04. The standard InChI is InChI=1S/C12H15NO4/c1-8-3-4-9(12(15)16)7-10(8)13-11(14)5-6-17-2/h3-4,7H,5-6H2,1-2H3,(H,13,14)(H,15,16). The van der Waals surface area contributed by atoms with Crippen molar-refractivity contribution in [3.05, 3.63) is 29.3 Å². The highest BCUT2D eigenvalue weighted by Crippen LogP contribution is 2.17. The number of rotatable bonds is 5. The van der Waals surface area contributed by atoms with Crippen LogP contribution in [0, 0.1) is 6.92 Å². The summed E-state index contributed by atoms with van der Waals surface area (Å²) in [5.41, 5.74) is 1.49. The van der Waals surface area contributed by atoms with Crippen LogP contribution in [0.15, 0.2) is 18.2 Å². The maximum Gasteiger partial charge on any atom is 0.335 e. The fourth-order valence-electron chi connectivity index (χ4n) is 1.30. The Morgan fingerprint density at radius 2 is 2.12 bits per heavy atom. The third-order valence-corrected chi connectivity index (χ3v) is 2.29. The highest BCUT2D eigenvalue weighted by molar-refractivity contribution is 5.94. The van der Waals surface area contributed by atoms with Crippen molar-refractivity contribution in [2.24, 2.45) is 0 Å². The monoisotopic (exact) mass is 237 g/mol. The number of hydrogen-bond donors (Lipinski definition) is 2. The van der Waals surface area contributed by atoms with Gasteiger partial charge in [0.15, 0.2) is 0 Å². The van der Waals surface area contributed by atoms with E-state index < -0.39 is 5.97 Å². The number of hydrogen-bond acceptors (Lipinski definition) is 3. The average Bonchev–Trinajstić information content (AvgIpc) is 2.29. The number of benzene rings is 1. The highest BCUT2D eigenvalue weighted by atomic mass is 16.5. The number of carbonyl (C=O) groups excluding carboxylic acids is 1. The number of carbonyl (C=O) groups is 2. The van der Waals surface area contributed by atoms with Crippen molar-refractivity contribution in [2.75, 3.05) is 19.0 Å². The van der Waals surface area contributed by atoms with Gasteiger partial charge in [-0.2, -0.15) is 0 Å². The van der Waals surface area contributed by atoms with Gasteiger partial charge in [0, 0.05) is 12.8 Å². The number of carboxylic acids is 1. The summed E-state index contributed by atoms with van der Waals surface area (Å²) in [4.78, 5) is 22.3. The van der Waals surface area contributed by atoms with Crippen molar-refractivity contribution in [1.29, 1.82) is 0 Å². The lowest BCUT2D eigenvalue weighted by atomic mass is 10.1. The number of carboxylic acid groups (broad SMARTS) is 1. The largest absolute Gasteiger partial charge is 0.478 e. The Morgan fingerprint density at radius 3 is 2.71 bits per heavy atom. The second-order valence-corrected chi connectivity index (χ2v) is 3.63. The first kappa shape index (κ1) is 13.2. The third-order valence-electron chi connectivity index (χ3n) is 2.29. The molecule has 0 aromatic heterocycles. The van der Waals surface area contributed by atoms with Crippen LogP contribution >= 0.6 is 0 Å². The van der Waals surface area contributed by atoms with E-state index in [-0.39, 0.29) is 17.9 Å². The molecule has 0 spiro atoms. The van der Waals surface area contributed by atoms with Crippen LogP contribution in [0.5, 0.6) is 0 Å². The molecule has 0 saturated carbocycles. The number of anilines is 1. The van der Waals surface area contributed by atoms with E-state index in [2.05, 4.69) is 5.32 Å². The third kappa shape index (κ3) is 3.88. The van der Waals surface area contributed by atoms with Gasteiger partial charge in [0.05, 0.1) is 18.6 Å². The van der Waals surface area contributed by atoms with E-state index in [9.17, 15) is 9.59 Å². The lowest BCUT2D eigenvalue weighted by Crippen LogP contribution is -2.14. The molecule has 1 amide bonds. The van der Waals surface area contributed by atoms with E-state index in [1.54, 1.807) is 13.0 Å². The molecule has 0 aliphatic heterocycles. The molecule has 0 radical (unpaired) electrons. The predicted octanol–water partition coefficient (Wildman–Crippen LogP) is 1.67. The SMILES string of the molecule is COCCC(=O)Nc1cc(C(=O)O)ccc1C. The summed E-state index contributed by atoms with van der Waals surface area (Å²) >= 11 is 0. The van der Waals surface area contributed by atoms with Gasteiger partial charge in [-0.25, -0.2) is 4.79 Å². The van der Waals surface area contributed by atoms with Gasteiger partial charge in [-0.15, -0.1) is 0 Å². The Kier molecular flexibility index (Phi) is 4.66. The Balaban J connectivity index is 2.79. The topological polar surface area (TPSA) is 75.6 Å². The summed E-state index contributed by atoms with van der Waals surface area (Å²) in [6.07, 6.45) is 0.243. The molecule has 1 rings (SSSR count). The van der Waals surface area contributed by atoms with Crippen LogP contribution in [0.1, 0.15) is 22.3 Å². The Bertz CT molecular complexity index is 429. The van der Waals surface area contributed by atoms with Crippen LogP contribution in [-0.4, -0.2) is 30.7 Å². The normalized spacial score (nSPS) is 10.0. The molecule has 1 aromatic carbocycles. The number of aryl methyl sites for hydroxylation is 1. The van der Waals surface area contributed by atoms with Crippen LogP contribution in [0.2, 0.25) is 0 Å². The Labute approximate surface area is 99.4 Å². The van der Waals surface area contributed by atoms with Gasteiger partial charge in [0.1, 0.15) is 0 Å². The van der Waals surface area contributed by atoms with E-state index in [1.807, 2.05) is 0 Å². The fraction of sp³-hybridized carbons (Fsp3) is 0.333. The fourth-order valence-corrected chi connectivity index (χ4v) is 1.30. The summed E-state index contributed by atoms with van der Waals surface area (Å²) in [7, 11) is 1.52. The van der Waals surface area contributed by atoms with Crippen LogP contribution in [0.4, 0.5) is 5.69 Å². The lowest BCUT2D eigenvalue weighted by Gasteiger charge is -2.09. The molecule has 92 valence electrons. The van der Waals surface area contributed by atoms with E-state index >= 15 is 0 Å². The van der Waals surface area contributed by atoms with Crippen LogP contribution < -0.4 is 5.32 Å². The van der Waals surface area contributed by atoms with Gasteiger partial charge in [0.25, 0.3) is 0 Å². The summed E-state index contributed by atoms with van der Waals surface area (Å²) in [6.45, 7) is 2.14. The minimum atomic E-state index is -1.02. The molecule has 5 nitrogen and oxygen atoms in total. The second-order valence-electron chi connectivity index (χ2n) is 3.63. The molecule has 1 aromatic rings. The quantitative estimate of drug-likeness (QED) is 0.816. The van der Waals surface area contributed by atoms with Crippen molar-refractivity contribution < 1.29 is 19.4 Å². The highest BCUT2D eigenvalue weighted by Gasteiger charge is 2.08. The zero-order valence-corrected chi connectivity index (χ0v) is 9.82. The average molecular weight is 237 g/mol. The van der Waals surface area contributed by atoms with Gasteiger partial charge < -0.3 is 15.2 Å². The molecule has 0 atom stereocenters. The maximum atomic E-state index is 11.5. The van der Waals surface area contributed by atoms with Crippen LogP contribution in [-0.2, 0) is 9.53 Å². The zero-order valence-electron chi connectivity index (χ0n) is 9.82. The van der Waals surface area contributed by atoms with Gasteiger partial charge in [0.2, 0.25) is 5.91 Å². The number of nitrogens with one attached hydrogen (secondary N) is 1. The maximum absolute atomic E-state index is 11.5. The predicted molar refractivity (Wildman–Crippen MR) is 63.3 cm³/mol. The Morgan fingerprint density at radius 1 is 1.41 bits per heavy atom. The molecule has 0 aliphatic rings. The van der Waals surface area contributed by atoms with Crippen molar-refractivity contribution in [2.45, 2.75) is 13.3 Å². The first-order valence-corrected chi connectivity index (χ1v) is 5.17. The molecule has 5 heteroatoms. The molecular weight excluding hydrogens is 222 g/mol. The molecule has 2 N–H and O–H groups in total. The lowest BCUT2D eigenvalue weighted by molar-refractivity contribution is -0.117. The van der Waals surface area contributed by atoms with Crippen LogP contribution in [0.25, 0.3) is 0 Å². The van der Waals surface area contributed by atoms with E-state index in [4.69, 9.17) is 9.84 Å². The van der Waals surface area contributed by atoms with Crippen molar-refractivity contribution in [1.82, 2.24) is 0 Å². The zero-order chi connectivity index (χ0) is 12.8. The molecule has 0 saturated heterocycles. The summed E-state index contributed by atoms with van der Waals surface area (Å²) in [5, 5.41) is 11.5. The number of amides is 1. The molecule has 0 heterocycles. The van der Waals surface area contributed by atoms with Crippen molar-refractivity contribution >= 4 is 17.6 Å². The first-order valence-electron chi connectivity index (χ1n) is 5.17. The number of aromatic carboxylic acids is 1. The van der Waals surface area contributed by atoms with Crippen molar-refractivity contribution in [3.63, 3.8) is 0 Å². The van der Waals surface area contributed by atoms with Gasteiger partial charge in [-0.1, -0.05) is 6.07 Å².